The van der Waals surface area contributed by atoms with Crippen LogP contribution in [0.15, 0.2) is 102 Å². The first kappa shape index (κ1) is 37.2. The molecule has 2 amide bonds. The van der Waals surface area contributed by atoms with Gasteiger partial charge in [0, 0.05) is 25.1 Å². The first-order chi connectivity index (χ1) is 24.6. The lowest BCUT2D eigenvalue weighted by Crippen LogP contribution is -2.54. The lowest BCUT2D eigenvalue weighted by molar-refractivity contribution is -0.140. The van der Waals surface area contributed by atoms with Crippen LogP contribution < -0.4 is 23.8 Å². The Bertz CT molecular complexity index is 1880. The summed E-state index contributed by atoms with van der Waals surface area (Å²) in [6.07, 6.45) is 4.08. The van der Waals surface area contributed by atoms with Crippen LogP contribution in [0.4, 0.5) is 5.69 Å². The summed E-state index contributed by atoms with van der Waals surface area (Å²) >= 11 is 0. The molecule has 0 saturated heterocycles. The monoisotopic (exact) mass is 713 g/mol. The third-order valence-corrected chi connectivity index (χ3v) is 10.8. The average molecular weight is 714 g/mol. The molecule has 11 heteroatoms. The molecule has 51 heavy (non-hydrogen) atoms. The van der Waals surface area contributed by atoms with Crippen molar-refractivity contribution in [2.75, 3.05) is 31.7 Å². The molecular formula is C40H47N3O7S. The van der Waals surface area contributed by atoms with Gasteiger partial charge in [0.1, 0.15) is 18.3 Å². The van der Waals surface area contributed by atoms with E-state index in [0.29, 0.717) is 18.1 Å². The highest BCUT2D eigenvalue weighted by molar-refractivity contribution is 7.92. The van der Waals surface area contributed by atoms with Crippen molar-refractivity contribution < 1.29 is 32.2 Å². The van der Waals surface area contributed by atoms with E-state index in [9.17, 15) is 18.0 Å². The maximum absolute atomic E-state index is 14.8. The fraction of sp³-hybridized carbons (Fsp3) is 0.350. The van der Waals surface area contributed by atoms with E-state index in [1.54, 1.807) is 24.3 Å². The number of hydrogen-bond donors (Lipinski definition) is 1. The Hall–Kier alpha value is -5.03. The zero-order valence-electron chi connectivity index (χ0n) is 29.7. The van der Waals surface area contributed by atoms with Crippen LogP contribution in [-0.4, -0.2) is 64.6 Å². The van der Waals surface area contributed by atoms with Crippen LogP contribution in [0.5, 0.6) is 17.2 Å². The van der Waals surface area contributed by atoms with E-state index in [-0.39, 0.29) is 41.2 Å². The highest BCUT2D eigenvalue weighted by atomic mass is 32.2. The topological polar surface area (TPSA) is 114 Å². The molecule has 0 aliphatic heterocycles. The van der Waals surface area contributed by atoms with E-state index in [0.717, 1.165) is 46.7 Å². The Morgan fingerprint density at radius 2 is 1.53 bits per heavy atom. The molecule has 1 atom stereocenters. The molecule has 1 aliphatic rings. The quantitative estimate of drug-likeness (QED) is 0.145. The number of ether oxygens (including phenoxy) is 3. The third kappa shape index (κ3) is 9.40. The molecule has 0 unspecified atom stereocenters. The Morgan fingerprint density at radius 3 is 2.18 bits per heavy atom. The molecule has 270 valence electrons. The zero-order valence-corrected chi connectivity index (χ0v) is 30.5. The van der Waals surface area contributed by atoms with Gasteiger partial charge in [0.2, 0.25) is 11.8 Å². The SMILES string of the molecule is CCOc1ccc(N(CC(=O)N(Cc2cccc(C)c2)[C@H](Cc2ccccc2)C(=O)NC2CCCC2)S(=O)(=O)c2ccc(OC)c(OC)c2)cc1. The average Bonchev–Trinajstić information content (AvgIpc) is 3.65. The smallest absolute Gasteiger partial charge is 0.264 e. The maximum Gasteiger partial charge on any atom is 0.264 e. The van der Waals surface area contributed by atoms with Crippen LogP contribution >= 0.6 is 0 Å². The number of hydrogen-bond acceptors (Lipinski definition) is 7. The second-order valence-electron chi connectivity index (χ2n) is 12.7. The Kier molecular flexibility index (Phi) is 12.6. The Balaban J connectivity index is 1.59. The lowest BCUT2D eigenvalue weighted by Gasteiger charge is -2.34. The Labute approximate surface area is 301 Å². The first-order valence-electron chi connectivity index (χ1n) is 17.3. The van der Waals surface area contributed by atoms with E-state index in [4.69, 9.17) is 14.2 Å². The van der Waals surface area contributed by atoms with Gasteiger partial charge in [0.15, 0.2) is 11.5 Å². The standard InChI is InChI=1S/C40H47N3O7S/c1-5-50-34-20-18-33(19-21-34)43(51(46,47)35-22-23-37(48-3)38(26-35)49-4)28-39(44)42(27-31-15-11-12-29(2)24-31)36(25-30-13-7-6-8-14-30)40(45)41-32-16-9-10-17-32/h6-8,11-15,18-24,26,32,36H,5,9-10,16-17,25,27-28H2,1-4H3,(H,41,45)/t36-/m1/s1. The van der Waals surface area contributed by atoms with Crippen LogP contribution in [0.3, 0.4) is 0 Å². The van der Waals surface area contributed by atoms with Crippen molar-refractivity contribution in [3.63, 3.8) is 0 Å². The molecule has 5 rings (SSSR count). The van der Waals surface area contributed by atoms with Gasteiger partial charge < -0.3 is 24.4 Å². The number of benzene rings is 4. The van der Waals surface area contributed by atoms with Crippen molar-refractivity contribution >= 4 is 27.5 Å². The summed E-state index contributed by atoms with van der Waals surface area (Å²) in [6, 6.07) is 27.3. The molecule has 0 heterocycles. The molecule has 1 aliphatic carbocycles. The number of sulfonamides is 1. The number of nitrogens with zero attached hydrogens (tertiary/aromatic N) is 2. The summed E-state index contributed by atoms with van der Waals surface area (Å²) in [7, 11) is -1.47. The van der Waals surface area contributed by atoms with Gasteiger partial charge in [-0.25, -0.2) is 8.42 Å². The number of methoxy groups -OCH3 is 2. The number of carbonyl (C=O) groups is 2. The van der Waals surface area contributed by atoms with Gasteiger partial charge in [-0.15, -0.1) is 0 Å². The summed E-state index contributed by atoms with van der Waals surface area (Å²) < 4.78 is 46.5. The zero-order chi connectivity index (χ0) is 36.4. The molecule has 1 saturated carbocycles. The predicted octanol–water partition coefficient (Wildman–Crippen LogP) is 6.31. The van der Waals surface area contributed by atoms with E-state index >= 15 is 0 Å². The fourth-order valence-corrected chi connectivity index (χ4v) is 7.87. The molecule has 0 radical (unpaired) electrons. The summed E-state index contributed by atoms with van der Waals surface area (Å²) in [5.41, 5.74) is 2.96. The van der Waals surface area contributed by atoms with E-state index in [2.05, 4.69) is 5.32 Å². The molecule has 0 spiro atoms. The van der Waals surface area contributed by atoms with Crippen molar-refractivity contribution in [1.29, 1.82) is 0 Å². The second-order valence-corrected chi connectivity index (χ2v) is 14.5. The molecule has 4 aromatic carbocycles. The van der Waals surface area contributed by atoms with Gasteiger partial charge in [0.25, 0.3) is 10.0 Å². The summed E-state index contributed by atoms with van der Waals surface area (Å²) in [5, 5.41) is 3.21. The largest absolute Gasteiger partial charge is 0.494 e. The van der Waals surface area contributed by atoms with Gasteiger partial charge >= 0.3 is 0 Å². The minimum Gasteiger partial charge on any atom is -0.494 e. The van der Waals surface area contributed by atoms with Gasteiger partial charge in [-0.05, 0) is 74.2 Å². The van der Waals surface area contributed by atoms with Crippen molar-refractivity contribution in [3.8, 4) is 17.2 Å². The van der Waals surface area contributed by atoms with Crippen LogP contribution in [-0.2, 0) is 32.6 Å². The van der Waals surface area contributed by atoms with Crippen molar-refractivity contribution in [2.24, 2.45) is 0 Å². The first-order valence-corrected chi connectivity index (χ1v) is 18.7. The van der Waals surface area contributed by atoms with Crippen LogP contribution in [0, 0.1) is 6.92 Å². The van der Waals surface area contributed by atoms with Crippen LogP contribution in [0.1, 0.15) is 49.3 Å². The normalized spacial score (nSPS) is 13.6. The van der Waals surface area contributed by atoms with Gasteiger partial charge in [-0.1, -0.05) is 73.0 Å². The number of carbonyl (C=O) groups excluding carboxylic acids is 2. The van der Waals surface area contributed by atoms with E-state index in [1.807, 2.05) is 68.4 Å². The summed E-state index contributed by atoms with van der Waals surface area (Å²) in [6.45, 7) is 3.79. The van der Waals surface area contributed by atoms with Crippen LogP contribution in [0.2, 0.25) is 0 Å². The highest BCUT2D eigenvalue weighted by Crippen LogP contribution is 2.33. The summed E-state index contributed by atoms with van der Waals surface area (Å²) in [4.78, 5) is 30.5. The fourth-order valence-electron chi connectivity index (χ4n) is 6.44. The van der Waals surface area contributed by atoms with Gasteiger partial charge in [0.05, 0.1) is 31.4 Å². The molecule has 1 N–H and O–H groups in total. The number of rotatable bonds is 16. The van der Waals surface area contributed by atoms with E-state index < -0.39 is 28.5 Å². The minimum atomic E-state index is -4.36. The Morgan fingerprint density at radius 1 is 0.843 bits per heavy atom. The van der Waals surface area contributed by atoms with Crippen molar-refractivity contribution in [2.45, 2.75) is 69.5 Å². The van der Waals surface area contributed by atoms with Crippen molar-refractivity contribution in [3.05, 3.63) is 114 Å². The third-order valence-electron chi connectivity index (χ3n) is 9.07. The van der Waals surface area contributed by atoms with Crippen molar-refractivity contribution in [1.82, 2.24) is 10.2 Å². The minimum absolute atomic E-state index is 0.0254. The highest BCUT2D eigenvalue weighted by Gasteiger charge is 2.36. The second kappa shape index (κ2) is 17.3. The molecular weight excluding hydrogens is 667 g/mol. The van der Waals surface area contributed by atoms with Gasteiger partial charge in [-0.2, -0.15) is 0 Å². The summed E-state index contributed by atoms with van der Waals surface area (Å²) in [5.74, 6) is 0.355. The molecule has 10 nitrogen and oxygen atoms in total. The van der Waals surface area contributed by atoms with E-state index in [1.165, 1.54) is 37.3 Å². The maximum atomic E-state index is 14.8. The predicted molar refractivity (Wildman–Crippen MR) is 198 cm³/mol. The van der Waals surface area contributed by atoms with Crippen LogP contribution in [0.25, 0.3) is 0 Å². The molecule has 0 bridgehead atoms. The number of amides is 2. The number of aryl methyl sites for hydroxylation is 1. The number of anilines is 1. The van der Waals surface area contributed by atoms with Gasteiger partial charge in [-0.3, -0.25) is 13.9 Å². The number of nitrogens with one attached hydrogen (secondary N) is 1. The molecule has 4 aromatic rings. The lowest BCUT2D eigenvalue weighted by atomic mass is 10.0. The molecule has 0 aromatic heterocycles. The molecule has 1 fully saturated rings.